The Kier molecular flexibility index (Phi) is 4.29. The molecule has 4 nitrogen and oxygen atoms in total. The Balaban J connectivity index is 0.00000147. The van der Waals surface area contributed by atoms with Crippen LogP contribution in [-0.2, 0) is 6.54 Å². The predicted molar refractivity (Wildman–Crippen MR) is 68.5 cm³/mol. The molecule has 0 amide bonds. The van der Waals surface area contributed by atoms with Crippen LogP contribution in [0.4, 0.5) is 13.2 Å². The van der Waals surface area contributed by atoms with E-state index in [9.17, 15) is 13.2 Å². The van der Waals surface area contributed by atoms with Gasteiger partial charge in [-0.1, -0.05) is 12.1 Å². The van der Waals surface area contributed by atoms with Crippen molar-refractivity contribution >= 4 is 12.4 Å². The molecule has 1 unspecified atom stereocenters. The molecule has 1 aliphatic heterocycles. The monoisotopic (exact) mass is 304 g/mol. The first-order chi connectivity index (χ1) is 9.16. The van der Waals surface area contributed by atoms with E-state index in [0.29, 0.717) is 18.9 Å². The lowest BCUT2D eigenvalue weighted by atomic mass is 10.0. The lowest BCUT2D eigenvalue weighted by Crippen LogP contribution is -2.35. The summed E-state index contributed by atoms with van der Waals surface area (Å²) in [5.74, 6) is -0.217. The third-order valence-corrected chi connectivity index (χ3v) is 3.15. The van der Waals surface area contributed by atoms with E-state index in [1.165, 1.54) is 16.7 Å². The molecule has 3 rings (SSSR count). The molecule has 0 spiro atoms. The Morgan fingerprint density at radius 1 is 1.20 bits per heavy atom. The third-order valence-electron chi connectivity index (χ3n) is 3.15. The van der Waals surface area contributed by atoms with E-state index < -0.39 is 6.43 Å². The first kappa shape index (κ1) is 14.8. The first-order valence-electron chi connectivity index (χ1n) is 5.87. The quantitative estimate of drug-likeness (QED) is 0.927. The van der Waals surface area contributed by atoms with Crippen LogP contribution < -0.4 is 5.32 Å². The van der Waals surface area contributed by atoms with Gasteiger partial charge in [0.2, 0.25) is 0 Å². The molecule has 2 heterocycles. The Morgan fingerprint density at radius 3 is 2.55 bits per heavy atom. The molecule has 0 fully saturated rings. The number of rotatable bonds is 2. The normalized spacial score (nSPS) is 17.7. The topological polar surface area (TPSA) is 42.7 Å². The average Bonchev–Trinajstić information content (AvgIpc) is 2.83. The van der Waals surface area contributed by atoms with Crippen molar-refractivity contribution in [1.29, 1.82) is 0 Å². The van der Waals surface area contributed by atoms with Crippen molar-refractivity contribution in [2.75, 3.05) is 6.54 Å². The van der Waals surface area contributed by atoms with Crippen molar-refractivity contribution in [3.8, 4) is 0 Å². The zero-order valence-electron chi connectivity index (χ0n) is 10.3. The first-order valence-corrected chi connectivity index (χ1v) is 5.87. The van der Waals surface area contributed by atoms with E-state index >= 15 is 0 Å². The summed E-state index contributed by atoms with van der Waals surface area (Å²) in [5, 5.41) is 10.5. The van der Waals surface area contributed by atoms with E-state index in [-0.39, 0.29) is 30.1 Å². The molecule has 108 valence electrons. The van der Waals surface area contributed by atoms with Crippen LogP contribution in [0, 0.1) is 5.82 Å². The van der Waals surface area contributed by atoms with E-state index in [1.54, 1.807) is 12.1 Å². The summed E-state index contributed by atoms with van der Waals surface area (Å²) < 4.78 is 39.9. The van der Waals surface area contributed by atoms with Gasteiger partial charge in [-0.3, -0.25) is 0 Å². The second kappa shape index (κ2) is 5.80. The van der Waals surface area contributed by atoms with E-state index in [1.807, 2.05) is 0 Å². The molecule has 20 heavy (non-hydrogen) atoms. The van der Waals surface area contributed by atoms with Gasteiger partial charge in [0.15, 0.2) is 11.6 Å². The number of alkyl halides is 2. The summed E-state index contributed by atoms with van der Waals surface area (Å²) in [5.41, 5.74) is 0.774. The number of nitrogens with one attached hydrogen (secondary N) is 1. The van der Waals surface area contributed by atoms with Gasteiger partial charge in [0.05, 0.1) is 6.04 Å². The second-order valence-corrected chi connectivity index (χ2v) is 4.31. The number of aromatic nitrogens is 3. The van der Waals surface area contributed by atoms with E-state index in [2.05, 4.69) is 15.5 Å². The largest absolute Gasteiger partial charge is 0.307 e. The van der Waals surface area contributed by atoms with Crippen molar-refractivity contribution in [1.82, 2.24) is 20.1 Å². The number of hydrogen-bond acceptors (Lipinski definition) is 3. The van der Waals surface area contributed by atoms with Crippen LogP contribution in [-0.4, -0.2) is 21.3 Å². The Morgan fingerprint density at radius 2 is 1.90 bits per heavy atom. The number of fused-ring (bicyclic) bond motifs is 1. The average molecular weight is 305 g/mol. The zero-order valence-corrected chi connectivity index (χ0v) is 11.1. The van der Waals surface area contributed by atoms with Gasteiger partial charge in [-0.25, -0.2) is 13.2 Å². The fourth-order valence-electron chi connectivity index (χ4n) is 2.27. The maximum Gasteiger partial charge on any atom is 0.297 e. The maximum absolute atomic E-state index is 12.9. The minimum atomic E-state index is -2.65. The summed E-state index contributed by atoms with van der Waals surface area (Å²) in [6.07, 6.45) is -2.65. The van der Waals surface area contributed by atoms with Gasteiger partial charge in [0.1, 0.15) is 5.82 Å². The van der Waals surface area contributed by atoms with Gasteiger partial charge in [0.25, 0.3) is 6.43 Å². The smallest absolute Gasteiger partial charge is 0.297 e. The second-order valence-electron chi connectivity index (χ2n) is 4.31. The SMILES string of the molecule is Cl.Fc1ccc(C2NCCn3c(C(F)F)nnc32)cc1. The fraction of sp³-hybridized carbons (Fsp3) is 0.333. The Bertz CT molecular complexity index is 585. The highest BCUT2D eigenvalue weighted by atomic mass is 35.5. The molecule has 1 atom stereocenters. The van der Waals surface area contributed by atoms with Crippen molar-refractivity contribution in [3.05, 3.63) is 47.3 Å². The third kappa shape index (κ3) is 2.51. The number of nitrogens with zero attached hydrogens (tertiary/aromatic N) is 3. The Labute approximate surface area is 119 Å². The molecule has 1 N–H and O–H groups in total. The molecule has 1 aliphatic rings. The van der Waals surface area contributed by atoms with Crippen molar-refractivity contribution < 1.29 is 13.2 Å². The van der Waals surface area contributed by atoms with Crippen LogP contribution in [0.15, 0.2) is 24.3 Å². The van der Waals surface area contributed by atoms with Crippen LogP contribution in [0.1, 0.15) is 29.7 Å². The van der Waals surface area contributed by atoms with E-state index in [0.717, 1.165) is 5.56 Å². The summed E-state index contributed by atoms with van der Waals surface area (Å²) >= 11 is 0. The predicted octanol–water partition coefficient (Wildman–Crippen LogP) is 2.47. The molecule has 0 radical (unpaired) electrons. The maximum atomic E-state index is 12.9. The summed E-state index contributed by atoms with van der Waals surface area (Å²) in [7, 11) is 0. The standard InChI is InChI=1S/C12H11F3N4.ClH/c13-8-3-1-7(2-4-8)9-11-17-18-12(10(14)15)19(11)6-5-16-9;/h1-4,9-10,16H,5-6H2;1H. The minimum absolute atomic E-state index is 0. The lowest BCUT2D eigenvalue weighted by molar-refractivity contribution is 0.133. The van der Waals surface area contributed by atoms with Crippen molar-refractivity contribution in [2.45, 2.75) is 19.0 Å². The molecular weight excluding hydrogens is 293 g/mol. The molecule has 0 saturated carbocycles. The minimum Gasteiger partial charge on any atom is -0.307 e. The Hall–Kier alpha value is -1.60. The van der Waals surface area contributed by atoms with Gasteiger partial charge in [0, 0.05) is 13.1 Å². The molecule has 0 aliphatic carbocycles. The molecule has 0 saturated heterocycles. The van der Waals surface area contributed by atoms with Crippen LogP contribution in [0.25, 0.3) is 0 Å². The molecular formula is C12H12ClF3N4. The number of benzene rings is 1. The molecule has 2 aromatic rings. The summed E-state index contributed by atoms with van der Waals surface area (Å²) in [4.78, 5) is 0. The van der Waals surface area contributed by atoms with E-state index in [4.69, 9.17) is 0 Å². The van der Waals surface area contributed by atoms with Gasteiger partial charge < -0.3 is 9.88 Å². The highest BCUT2D eigenvalue weighted by molar-refractivity contribution is 5.85. The van der Waals surface area contributed by atoms with Crippen molar-refractivity contribution in [2.24, 2.45) is 0 Å². The van der Waals surface area contributed by atoms with Crippen LogP contribution in [0.3, 0.4) is 0 Å². The van der Waals surface area contributed by atoms with Gasteiger partial charge in [-0.2, -0.15) is 0 Å². The molecule has 1 aromatic carbocycles. The van der Waals surface area contributed by atoms with Crippen LogP contribution in [0.2, 0.25) is 0 Å². The highest BCUT2D eigenvalue weighted by Gasteiger charge is 2.28. The van der Waals surface area contributed by atoms with Crippen LogP contribution >= 0.6 is 12.4 Å². The molecule has 0 bridgehead atoms. The fourth-order valence-corrected chi connectivity index (χ4v) is 2.27. The zero-order chi connectivity index (χ0) is 13.4. The highest BCUT2D eigenvalue weighted by Crippen LogP contribution is 2.27. The lowest BCUT2D eigenvalue weighted by Gasteiger charge is -2.25. The van der Waals surface area contributed by atoms with Gasteiger partial charge in [-0.15, -0.1) is 22.6 Å². The summed E-state index contributed by atoms with van der Waals surface area (Å²) in [6.45, 7) is 0.937. The van der Waals surface area contributed by atoms with Crippen molar-refractivity contribution in [3.63, 3.8) is 0 Å². The van der Waals surface area contributed by atoms with Gasteiger partial charge in [-0.05, 0) is 17.7 Å². The number of halogens is 4. The number of hydrogen-bond donors (Lipinski definition) is 1. The summed E-state index contributed by atoms with van der Waals surface area (Å²) in [6, 6.07) is 5.55. The van der Waals surface area contributed by atoms with Gasteiger partial charge >= 0.3 is 0 Å². The van der Waals surface area contributed by atoms with Crippen LogP contribution in [0.5, 0.6) is 0 Å². The molecule has 8 heteroatoms. The molecule has 1 aromatic heterocycles.